The molecule has 0 fully saturated rings. The minimum absolute atomic E-state index is 0.0764. The lowest BCUT2D eigenvalue weighted by Gasteiger charge is -2.12. The maximum absolute atomic E-state index is 11.5. The Bertz CT molecular complexity index is 878. The monoisotopic (exact) mass is 341 g/mol. The molecule has 7 heteroatoms. The third-order valence-corrected chi connectivity index (χ3v) is 4.11. The fraction of sp³-hybridized carbons (Fsp3) is 0.118. The zero-order valence-corrected chi connectivity index (χ0v) is 13.7. The number of hydrogen-bond donors (Lipinski definition) is 1. The van der Waals surface area contributed by atoms with Gasteiger partial charge in [-0.2, -0.15) is 0 Å². The minimum atomic E-state index is -0.438. The van der Waals surface area contributed by atoms with Crippen molar-refractivity contribution in [3.8, 4) is 17.0 Å². The summed E-state index contributed by atoms with van der Waals surface area (Å²) in [4.78, 5) is 15.3. The molecule has 24 heavy (non-hydrogen) atoms. The Labute approximate surface area is 142 Å². The molecule has 6 nitrogen and oxygen atoms in total. The van der Waals surface area contributed by atoms with Gasteiger partial charge in [-0.3, -0.25) is 10.1 Å². The van der Waals surface area contributed by atoms with E-state index in [-0.39, 0.29) is 18.0 Å². The van der Waals surface area contributed by atoms with Crippen molar-refractivity contribution in [2.45, 2.75) is 13.5 Å². The lowest BCUT2D eigenvalue weighted by molar-refractivity contribution is -0.385. The Balaban J connectivity index is 2.05. The summed E-state index contributed by atoms with van der Waals surface area (Å²) in [5.41, 5.74) is 8.46. The molecule has 0 atom stereocenters. The van der Waals surface area contributed by atoms with Gasteiger partial charge in [0.15, 0.2) is 5.13 Å². The molecule has 0 saturated carbocycles. The summed E-state index contributed by atoms with van der Waals surface area (Å²) >= 11 is 1.28. The lowest BCUT2D eigenvalue weighted by Crippen LogP contribution is -2.02. The Kier molecular flexibility index (Phi) is 4.43. The van der Waals surface area contributed by atoms with Gasteiger partial charge in [0.25, 0.3) is 0 Å². The van der Waals surface area contributed by atoms with Crippen LogP contribution in [0.5, 0.6) is 5.75 Å². The fourth-order valence-electron chi connectivity index (χ4n) is 2.37. The SMILES string of the molecule is Cc1cc(-c2csc(N)n2)c(OCc2ccccc2)c([N+](=O)[O-])c1. The standard InChI is InChI=1S/C17H15N3O3S/c1-11-7-13(14-10-24-17(18)19-14)16(15(8-11)20(21)22)23-9-12-5-3-2-4-6-12/h2-8,10H,9H2,1H3,(H2,18,19). The predicted octanol–water partition coefficient (Wildman–Crippen LogP) is 4.19. The van der Waals surface area contributed by atoms with Gasteiger partial charge in [0.05, 0.1) is 16.2 Å². The summed E-state index contributed by atoms with van der Waals surface area (Å²) in [6.45, 7) is 2.03. The van der Waals surface area contributed by atoms with Gasteiger partial charge in [0, 0.05) is 11.4 Å². The zero-order valence-electron chi connectivity index (χ0n) is 12.9. The number of rotatable bonds is 5. The van der Waals surface area contributed by atoms with Crippen LogP contribution in [-0.2, 0) is 6.61 Å². The first-order valence-electron chi connectivity index (χ1n) is 7.21. The van der Waals surface area contributed by atoms with E-state index in [1.807, 2.05) is 36.4 Å². The van der Waals surface area contributed by atoms with Crippen LogP contribution in [0.3, 0.4) is 0 Å². The number of ether oxygens (including phenoxy) is 1. The number of nitrogen functional groups attached to an aromatic ring is 1. The van der Waals surface area contributed by atoms with Crippen LogP contribution in [0.25, 0.3) is 11.3 Å². The van der Waals surface area contributed by atoms with Crippen LogP contribution in [0, 0.1) is 17.0 Å². The molecular weight excluding hydrogens is 326 g/mol. The van der Waals surface area contributed by atoms with Crippen molar-refractivity contribution in [2.75, 3.05) is 5.73 Å². The molecule has 0 aliphatic rings. The molecule has 1 heterocycles. The molecule has 2 aromatic carbocycles. The highest BCUT2D eigenvalue weighted by Gasteiger charge is 2.23. The van der Waals surface area contributed by atoms with Gasteiger partial charge in [0.1, 0.15) is 6.61 Å². The zero-order chi connectivity index (χ0) is 17.1. The topological polar surface area (TPSA) is 91.3 Å². The first kappa shape index (κ1) is 15.9. The van der Waals surface area contributed by atoms with Crippen molar-refractivity contribution < 1.29 is 9.66 Å². The molecular formula is C17H15N3O3S. The van der Waals surface area contributed by atoms with E-state index in [9.17, 15) is 10.1 Å². The van der Waals surface area contributed by atoms with E-state index in [0.717, 1.165) is 11.1 Å². The van der Waals surface area contributed by atoms with E-state index in [1.54, 1.807) is 12.3 Å². The molecule has 3 aromatic rings. The molecule has 1 aromatic heterocycles. The van der Waals surface area contributed by atoms with Crippen LogP contribution in [0.4, 0.5) is 10.8 Å². The molecule has 0 amide bonds. The average Bonchev–Trinajstić information content (AvgIpc) is 3.00. The van der Waals surface area contributed by atoms with Gasteiger partial charge >= 0.3 is 5.69 Å². The number of nitrogens with zero attached hydrogens (tertiary/aromatic N) is 2. The summed E-state index contributed by atoms with van der Waals surface area (Å²) in [6, 6.07) is 12.8. The van der Waals surface area contributed by atoms with Crippen molar-refractivity contribution in [1.82, 2.24) is 4.98 Å². The second-order valence-corrected chi connectivity index (χ2v) is 6.15. The van der Waals surface area contributed by atoms with Crippen molar-refractivity contribution in [3.63, 3.8) is 0 Å². The van der Waals surface area contributed by atoms with Crippen LogP contribution < -0.4 is 10.5 Å². The quantitative estimate of drug-likeness (QED) is 0.555. The van der Waals surface area contributed by atoms with Crippen molar-refractivity contribution in [3.05, 3.63) is 69.1 Å². The van der Waals surface area contributed by atoms with Crippen LogP contribution in [0.1, 0.15) is 11.1 Å². The summed E-state index contributed by atoms with van der Waals surface area (Å²) in [7, 11) is 0. The maximum Gasteiger partial charge on any atom is 0.311 e. The fourth-order valence-corrected chi connectivity index (χ4v) is 2.94. The highest BCUT2D eigenvalue weighted by Crippen LogP contribution is 2.40. The van der Waals surface area contributed by atoms with Gasteiger partial charge in [-0.15, -0.1) is 11.3 Å². The van der Waals surface area contributed by atoms with Crippen LogP contribution in [0.2, 0.25) is 0 Å². The van der Waals surface area contributed by atoms with Gasteiger partial charge in [0.2, 0.25) is 5.75 Å². The third-order valence-electron chi connectivity index (χ3n) is 3.43. The van der Waals surface area contributed by atoms with E-state index in [2.05, 4.69) is 4.98 Å². The lowest BCUT2D eigenvalue weighted by atomic mass is 10.1. The number of nitro groups is 1. The molecule has 0 radical (unpaired) electrons. The normalized spacial score (nSPS) is 10.5. The molecule has 0 aliphatic heterocycles. The molecule has 2 N–H and O–H groups in total. The van der Waals surface area contributed by atoms with E-state index >= 15 is 0 Å². The molecule has 122 valence electrons. The average molecular weight is 341 g/mol. The van der Waals surface area contributed by atoms with Crippen molar-refractivity contribution in [1.29, 1.82) is 0 Å². The number of thiazole rings is 1. The van der Waals surface area contributed by atoms with Gasteiger partial charge in [-0.1, -0.05) is 30.3 Å². The van der Waals surface area contributed by atoms with E-state index in [4.69, 9.17) is 10.5 Å². The Morgan fingerprint density at radius 2 is 2.04 bits per heavy atom. The number of nitrogens with two attached hydrogens (primary N) is 1. The second kappa shape index (κ2) is 6.67. The molecule has 0 spiro atoms. The number of nitro benzene ring substituents is 1. The van der Waals surface area contributed by atoms with E-state index in [0.29, 0.717) is 16.4 Å². The number of benzene rings is 2. The number of aromatic nitrogens is 1. The van der Waals surface area contributed by atoms with Gasteiger partial charge < -0.3 is 10.5 Å². The summed E-state index contributed by atoms with van der Waals surface area (Å²) < 4.78 is 5.82. The largest absolute Gasteiger partial charge is 0.481 e. The van der Waals surface area contributed by atoms with Crippen molar-refractivity contribution >= 4 is 22.2 Å². The van der Waals surface area contributed by atoms with E-state index in [1.165, 1.54) is 17.4 Å². The summed E-state index contributed by atoms with van der Waals surface area (Å²) in [6.07, 6.45) is 0. The highest BCUT2D eigenvalue weighted by molar-refractivity contribution is 7.13. The maximum atomic E-state index is 11.5. The molecule has 0 unspecified atom stereocenters. The van der Waals surface area contributed by atoms with Crippen LogP contribution >= 0.6 is 11.3 Å². The minimum Gasteiger partial charge on any atom is -0.481 e. The first-order chi connectivity index (χ1) is 11.5. The predicted molar refractivity (Wildman–Crippen MR) is 94.1 cm³/mol. The smallest absolute Gasteiger partial charge is 0.311 e. The summed E-state index contributed by atoms with van der Waals surface area (Å²) in [5, 5.41) is 13.6. The second-order valence-electron chi connectivity index (χ2n) is 5.26. The molecule has 0 bridgehead atoms. The van der Waals surface area contributed by atoms with Gasteiger partial charge in [-0.25, -0.2) is 4.98 Å². The Hall–Kier alpha value is -2.93. The Morgan fingerprint density at radius 1 is 1.29 bits per heavy atom. The molecule has 0 aliphatic carbocycles. The van der Waals surface area contributed by atoms with E-state index < -0.39 is 4.92 Å². The number of aryl methyl sites for hydroxylation is 1. The van der Waals surface area contributed by atoms with Gasteiger partial charge in [-0.05, 0) is 24.1 Å². The molecule has 0 saturated heterocycles. The third kappa shape index (κ3) is 3.36. The van der Waals surface area contributed by atoms with Crippen LogP contribution in [-0.4, -0.2) is 9.91 Å². The Morgan fingerprint density at radius 3 is 2.67 bits per heavy atom. The molecule has 3 rings (SSSR count). The van der Waals surface area contributed by atoms with Crippen molar-refractivity contribution in [2.24, 2.45) is 0 Å². The van der Waals surface area contributed by atoms with Crippen LogP contribution in [0.15, 0.2) is 47.8 Å². The highest BCUT2D eigenvalue weighted by atomic mass is 32.1. The first-order valence-corrected chi connectivity index (χ1v) is 8.09. The number of anilines is 1. The number of hydrogen-bond acceptors (Lipinski definition) is 6. The summed E-state index contributed by atoms with van der Waals surface area (Å²) in [5.74, 6) is 0.208.